The maximum Gasteiger partial charge on any atom is 0.343 e. The molecule has 0 bridgehead atoms. The van der Waals surface area contributed by atoms with Crippen LogP contribution in [0.1, 0.15) is 31.1 Å². The number of rotatable bonds is 5. The highest BCUT2D eigenvalue weighted by Gasteiger charge is 2.20. The minimum absolute atomic E-state index is 0.155. The molecule has 0 atom stereocenters. The van der Waals surface area contributed by atoms with Crippen LogP contribution in [0.4, 0.5) is 5.88 Å². The van der Waals surface area contributed by atoms with Crippen molar-refractivity contribution < 1.29 is 13.9 Å². The monoisotopic (exact) mass is 351 g/mol. The molecule has 4 nitrogen and oxygen atoms in total. The number of hydrogen-bond donors (Lipinski definition) is 1. The lowest BCUT2D eigenvalue weighted by molar-refractivity contribution is 0.0527. The second-order valence-corrected chi connectivity index (χ2v) is 5.80. The van der Waals surface area contributed by atoms with Crippen LogP contribution in [0.3, 0.4) is 0 Å². The maximum atomic E-state index is 12.0. The molecule has 5 heteroatoms. The van der Waals surface area contributed by atoms with Crippen LogP contribution >= 0.6 is 15.9 Å². The van der Waals surface area contributed by atoms with E-state index in [1.165, 1.54) is 0 Å². The van der Waals surface area contributed by atoms with E-state index in [1.807, 2.05) is 38.1 Å². The predicted molar refractivity (Wildman–Crippen MR) is 86.6 cm³/mol. The van der Waals surface area contributed by atoms with Crippen molar-refractivity contribution in [2.45, 2.75) is 26.8 Å². The Morgan fingerprint density at radius 3 is 2.57 bits per heavy atom. The van der Waals surface area contributed by atoms with Gasteiger partial charge in [0.25, 0.3) is 0 Å². The van der Waals surface area contributed by atoms with Crippen molar-refractivity contribution in [3.63, 3.8) is 0 Å². The molecule has 1 aromatic heterocycles. The van der Waals surface area contributed by atoms with Crippen LogP contribution < -0.4 is 5.32 Å². The van der Waals surface area contributed by atoms with Gasteiger partial charge in [0.15, 0.2) is 0 Å². The fraction of sp³-hybridized carbons (Fsp3) is 0.312. The molecule has 1 N–H and O–H groups in total. The van der Waals surface area contributed by atoms with Gasteiger partial charge in [-0.1, -0.05) is 28.1 Å². The third kappa shape index (κ3) is 3.88. The first-order valence-electron chi connectivity index (χ1n) is 6.84. The molecule has 0 radical (unpaired) electrons. The fourth-order valence-corrected chi connectivity index (χ4v) is 2.14. The molecule has 2 rings (SSSR count). The average Bonchev–Trinajstić information content (AvgIpc) is 2.83. The summed E-state index contributed by atoms with van der Waals surface area (Å²) in [4.78, 5) is 12.0. The Morgan fingerprint density at radius 1 is 1.33 bits per heavy atom. The minimum atomic E-state index is -0.382. The Kier molecular flexibility index (Phi) is 5.07. The number of furan rings is 1. The molecular weight excluding hydrogens is 334 g/mol. The number of anilines is 1. The summed E-state index contributed by atoms with van der Waals surface area (Å²) >= 11 is 3.40. The van der Waals surface area contributed by atoms with Gasteiger partial charge in [0.2, 0.25) is 5.88 Å². The van der Waals surface area contributed by atoms with Gasteiger partial charge in [0.05, 0.1) is 6.61 Å². The number of ether oxygens (including phenoxy) is 1. The van der Waals surface area contributed by atoms with Gasteiger partial charge in [0.1, 0.15) is 11.3 Å². The number of nitrogens with one attached hydrogen (secondary N) is 1. The van der Waals surface area contributed by atoms with Crippen LogP contribution in [0.15, 0.2) is 39.2 Å². The van der Waals surface area contributed by atoms with Crippen LogP contribution in [0, 0.1) is 0 Å². The summed E-state index contributed by atoms with van der Waals surface area (Å²) in [5.41, 5.74) is 1.32. The summed E-state index contributed by atoms with van der Waals surface area (Å²) in [5, 5.41) is 3.14. The Hall–Kier alpha value is -1.75. The van der Waals surface area contributed by atoms with Gasteiger partial charge in [0, 0.05) is 22.1 Å². The van der Waals surface area contributed by atoms with Gasteiger partial charge < -0.3 is 14.5 Å². The van der Waals surface area contributed by atoms with Crippen molar-refractivity contribution >= 4 is 27.8 Å². The molecule has 0 aliphatic carbocycles. The lowest BCUT2D eigenvalue weighted by Gasteiger charge is -2.08. The van der Waals surface area contributed by atoms with Crippen LogP contribution in [0.2, 0.25) is 0 Å². The van der Waals surface area contributed by atoms with Gasteiger partial charge in [-0.05, 0) is 32.9 Å². The second kappa shape index (κ2) is 6.80. The smallest absolute Gasteiger partial charge is 0.343 e. The molecule has 21 heavy (non-hydrogen) atoms. The topological polar surface area (TPSA) is 51.5 Å². The van der Waals surface area contributed by atoms with E-state index in [0.29, 0.717) is 23.8 Å². The lowest BCUT2D eigenvalue weighted by Crippen LogP contribution is -2.13. The molecule has 1 aromatic carbocycles. The summed E-state index contributed by atoms with van der Waals surface area (Å²) < 4.78 is 11.9. The van der Waals surface area contributed by atoms with E-state index in [0.717, 1.165) is 10.0 Å². The average molecular weight is 352 g/mol. The third-order valence-electron chi connectivity index (χ3n) is 2.78. The summed E-state index contributed by atoms with van der Waals surface area (Å²) in [6, 6.07) is 9.58. The molecular formula is C16H18BrNO3. The molecule has 0 aliphatic heterocycles. The first-order valence-corrected chi connectivity index (χ1v) is 7.64. The van der Waals surface area contributed by atoms with Crippen molar-refractivity contribution in [3.05, 3.63) is 40.4 Å². The predicted octanol–water partition coefficient (Wildman–Crippen LogP) is 4.71. The fourth-order valence-electron chi connectivity index (χ4n) is 1.88. The molecule has 112 valence electrons. The van der Waals surface area contributed by atoms with Crippen molar-refractivity contribution in [1.29, 1.82) is 0 Å². The largest absolute Gasteiger partial charge is 0.462 e. The van der Waals surface area contributed by atoms with Crippen molar-refractivity contribution in [2.75, 3.05) is 11.9 Å². The number of hydrogen-bond acceptors (Lipinski definition) is 4. The number of halogens is 1. The van der Waals surface area contributed by atoms with Crippen molar-refractivity contribution in [2.24, 2.45) is 0 Å². The Morgan fingerprint density at radius 2 is 2.00 bits per heavy atom. The first kappa shape index (κ1) is 15.6. The van der Waals surface area contributed by atoms with E-state index in [2.05, 4.69) is 21.2 Å². The van der Waals surface area contributed by atoms with E-state index in [-0.39, 0.29) is 12.0 Å². The van der Waals surface area contributed by atoms with E-state index in [1.54, 1.807) is 13.0 Å². The SMILES string of the molecule is CCOC(=O)c1cc(-c2ccc(Br)cc2)oc1NC(C)C. The molecule has 0 amide bonds. The summed E-state index contributed by atoms with van der Waals surface area (Å²) in [5.74, 6) is 0.697. The molecule has 0 aliphatic rings. The molecule has 1 heterocycles. The summed E-state index contributed by atoms with van der Waals surface area (Å²) in [6.07, 6.45) is 0. The van der Waals surface area contributed by atoms with Crippen LogP contribution in [-0.4, -0.2) is 18.6 Å². The highest BCUT2D eigenvalue weighted by molar-refractivity contribution is 9.10. The van der Waals surface area contributed by atoms with Gasteiger partial charge >= 0.3 is 5.97 Å². The Labute approximate surface area is 132 Å². The zero-order valence-corrected chi connectivity index (χ0v) is 13.9. The number of carbonyl (C=O) groups excluding carboxylic acids is 1. The maximum absolute atomic E-state index is 12.0. The molecule has 0 fully saturated rings. The Bertz CT molecular complexity index is 617. The standard InChI is InChI=1S/C16H18BrNO3/c1-4-20-16(19)13-9-14(21-15(13)18-10(2)3)11-5-7-12(17)8-6-11/h5-10,18H,4H2,1-3H3. The van der Waals surface area contributed by atoms with Crippen LogP contribution in [0.25, 0.3) is 11.3 Å². The van der Waals surface area contributed by atoms with Crippen molar-refractivity contribution in [1.82, 2.24) is 0 Å². The van der Waals surface area contributed by atoms with Gasteiger partial charge in [-0.3, -0.25) is 0 Å². The van der Waals surface area contributed by atoms with E-state index < -0.39 is 0 Å². The Balaban J connectivity index is 2.39. The highest BCUT2D eigenvalue weighted by Crippen LogP contribution is 2.31. The second-order valence-electron chi connectivity index (χ2n) is 4.88. The van der Waals surface area contributed by atoms with E-state index in [9.17, 15) is 4.79 Å². The lowest BCUT2D eigenvalue weighted by atomic mass is 10.1. The molecule has 2 aromatic rings. The zero-order valence-electron chi connectivity index (χ0n) is 12.3. The van der Waals surface area contributed by atoms with Gasteiger partial charge in [-0.25, -0.2) is 4.79 Å². The van der Waals surface area contributed by atoms with Gasteiger partial charge in [-0.15, -0.1) is 0 Å². The van der Waals surface area contributed by atoms with E-state index >= 15 is 0 Å². The van der Waals surface area contributed by atoms with E-state index in [4.69, 9.17) is 9.15 Å². The highest BCUT2D eigenvalue weighted by atomic mass is 79.9. The molecule has 0 spiro atoms. The number of benzene rings is 1. The normalized spacial score (nSPS) is 10.7. The van der Waals surface area contributed by atoms with Gasteiger partial charge in [-0.2, -0.15) is 0 Å². The van der Waals surface area contributed by atoms with Crippen molar-refractivity contribution in [3.8, 4) is 11.3 Å². The molecule has 0 unspecified atom stereocenters. The van der Waals surface area contributed by atoms with Crippen LogP contribution in [0.5, 0.6) is 0 Å². The third-order valence-corrected chi connectivity index (χ3v) is 3.30. The molecule has 0 saturated carbocycles. The molecule has 0 saturated heterocycles. The summed E-state index contributed by atoms with van der Waals surface area (Å²) in [7, 11) is 0. The first-order chi connectivity index (χ1) is 10.0. The minimum Gasteiger partial charge on any atom is -0.462 e. The summed E-state index contributed by atoms with van der Waals surface area (Å²) in [6.45, 7) is 6.08. The zero-order chi connectivity index (χ0) is 15.4. The van der Waals surface area contributed by atoms with Crippen LogP contribution in [-0.2, 0) is 4.74 Å². The quantitative estimate of drug-likeness (QED) is 0.792. The number of carbonyl (C=O) groups is 1. The number of esters is 1.